The number of fused-ring (bicyclic) bond motifs is 1. The minimum Gasteiger partial charge on any atom is -0.379 e. The second-order valence-corrected chi connectivity index (χ2v) is 7.75. The quantitative estimate of drug-likeness (QED) is 0.537. The van der Waals surface area contributed by atoms with Gasteiger partial charge < -0.3 is 20.7 Å². The first-order chi connectivity index (χ1) is 13.0. The Balaban J connectivity index is 1.54. The van der Waals surface area contributed by atoms with E-state index in [1.807, 2.05) is 18.2 Å². The Labute approximate surface area is 161 Å². The maximum absolute atomic E-state index is 12.0. The van der Waals surface area contributed by atoms with Crippen molar-refractivity contribution in [1.82, 2.24) is 15.5 Å². The molecule has 1 saturated heterocycles. The number of rotatable bonds is 5. The molecule has 0 aliphatic carbocycles. The lowest BCUT2D eigenvalue weighted by Gasteiger charge is -2.41. The topological polar surface area (TPSA) is 78.0 Å². The first kappa shape index (κ1) is 19.6. The highest BCUT2D eigenvalue weighted by atomic mass is 16.5. The summed E-state index contributed by atoms with van der Waals surface area (Å²) in [4.78, 5) is 18.8. The first-order valence-corrected chi connectivity index (χ1v) is 9.66. The molecule has 2 heterocycles. The summed E-state index contributed by atoms with van der Waals surface area (Å²) in [6.07, 6.45) is 0.486. The molecule has 7 nitrogen and oxygen atoms in total. The van der Waals surface area contributed by atoms with E-state index in [0.717, 1.165) is 44.5 Å². The zero-order chi connectivity index (χ0) is 19.3. The van der Waals surface area contributed by atoms with Crippen LogP contribution in [0.25, 0.3) is 0 Å². The molecule has 0 saturated carbocycles. The molecule has 1 atom stereocenters. The van der Waals surface area contributed by atoms with Gasteiger partial charge in [0.2, 0.25) is 5.91 Å². The minimum atomic E-state index is 0.0126. The fraction of sp³-hybridized carbons (Fsp3) is 0.600. The van der Waals surface area contributed by atoms with Gasteiger partial charge in [0, 0.05) is 56.8 Å². The van der Waals surface area contributed by atoms with Gasteiger partial charge in [0.1, 0.15) is 0 Å². The number of guanidine groups is 1. The van der Waals surface area contributed by atoms with Crippen molar-refractivity contribution in [1.29, 1.82) is 0 Å². The second-order valence-electron chi connectivity index (χ2n) is 7.75. The predicted molar refractivity (Wildman–Crippen MR) is 108 cm³/mol. The van der Waals surface area contributed by atoms with Crippen LogP contribution < -0.4 is 16.0 Å². The van der Waals surface area contributed by atoms with Gasteiger partial charge in [-0.15, -0.1) is 0 Å². The van der Waals surface area contributed by atoms with Crippen molar-refractivity contribution in [3.05, 3.63) is 29.8 Å². The van der Waals surface area contributed by atoms with Crippen LogP contribution in [-0.4, -0.2) is 68.7 Å². The molecule has 148 valence electrons. The number of morpholine rings is 1. The molecule has 27 heavy (non-hydrogen) atoms. The number of carbonyl (C=O) groups is 1. The second kappa shape index (κ2) is 8.71. The molecule has 3 rings (SSSR count). The van der Waals surface area contributed by atoms with Crippen LogP contribution in [-0.2, 0) is 9.53 Å². The maximum Gasteiger partial charge on any atom is 0.225 e. The molecule has 1 fully saturated rings. The van der Waals surface area contributed by atoms with Crippen LogP contribution in [0.1, 0.15) is 31.7 Å². The van der Waals surface area contributed by atoms with Gasteiger partial charge in [0.05, 0.1) is 13.2 Å². The lowest BCUT2D eigenvalue weighted by atomic mass is 9.90. The van der Waals surface area contributed by atoms with Crippen molar-refractivity contribution in [2.24, 2.45) is 4.99 Å². The van der Waals surface area contributed by atoms with E-state index < -0.39 is 0 Å². The molecule has 0 radical (unpaired) electrons. The number of aliphatic imine (C=N–C) groups is 1. The van der Waals surface area contributed by atoms with E-state index in [9.17, 15) is 4.79 Å². The third-order valence-electron chi connectivity index (χ3n) is 5.40. The van der Waals surface area contributed by atoms with Gasteiger partial charge in [-0.3, -0.25) is 14.7 Å². The first-order valence-electron chi connectivity index (χ1n) is 9.66. The largest absolute Gasteiger partial charge is 0.379 e. The molecule has 1 unspecified atom stereocenters. The maximum atomic E-state index is 12.0. The van der Waals surface area contributed by atoms with E-state index in [0.29, 0.717) is 13.0 Å². The van der Waals surface area contributed by atoms with E-state index in [1.165, 1.54) is 5.56 Å². The van der Waals surface area contributed by atoms with Crippen molar-refractivity contribution in [2.75, 3.05) is 51.8 Å². The highest BCUT2D eigenvalue weighted by Gasteiger charge is 2.29. The van der Waals surface area contributed by atoms with Crippen molar-refractivity contribution < 1.29 is 9.53 Å². The Hall–Kier alpha value is -2.12. The third-order valence-corrected chi connectivity index (χ3v) is 5.40. The van der Waals surface area contributed by atoms with Crippen LogP contribution in [0.3, 0.4) is 0 Å². The molecule has 2 aliphatic heterocycles. The van der Waals surface area contributed by atoms with E-state index in [-0.39, 0.29) is 17.4 Å². The summed E-state index contributed by atoms with van der Waals surface area (Å²) in [7, 11) is 1.78. The summed E-state index contributed by atoms with van der Waals surface area (Å²) in [6.45, 7) is 9.42. The summed E-state index contributed by atoms with van der Waals surface area (Å²) < 4.78 is 5.45. The van der Waals surface area contributed by atoms with Gasteiger partial charge in [0.25, 0.3) is 0 Å². The standard InChI is InChI=1S/C20H31N5O2/c1-20(2,25-8-10-27-11-9-25)14-23-19(21-3)22-13-15-12-18(26)24-17-7-5-4-6-16(15)17/h4-7,15H,8-14H2,1-3H3,(H,24,26)(H2,21,22,23). The lowest BCUT2D eigenvalue weighted by molar-refractivity contribution is -0.116. The van der Waals surface area contributed by atoms with Gasteiger partial charge in [-0.05, 0) is 25.5 Å². The van der Waals surface area contributed by atoms with Crippen molar-refractivity contribution in [2.45, 2.75) is 31.7 Å². The number of ether oxygens (including phenoxy) is 1. The van der Waals surface area contributed by atoms with E-state index in [4.69, 9.17) is 4.74 Å². The molecule has 0 spiro atoms. The van der Waals surface area contributed by atoms with Crippen molar-refractivity contribution in [3.8, 4) is 0 Å². The number of nitrogens with one attached hydrogen (secondary N) is 3. The summed E-state index contributed by atoms with van der Waals surface area (Å²) in [5.74, 6) is 0.970. The fourth-order valence-corrected chi connectivity index (χ4v) is 3.70. The molecular formula is C20H31N5O2. The number of benzene rings is 1. The average molecular weight is 374 g/mol. The molecular weight excluding hydrogens is 342 g/mol. The van der Waals surface area contributed by atoms with Crippen molar-refractivity contribution in [3.63, 3.8) is 0 Å². The highest BCUT2D eigenvalue weighted by molar-refractivity contribution is 5.94. The number of hydrogen-bond acceptors (Lipinski definition) is 4. The number of nitrogens with zero attached hydrogens (tertiary/aromatic N) is 2. The van der Waals surface area contributed by atoms with E-state index >= 15 is 0 Å². The number of anilines is 1. The number of amides is 1. The Morgan fingerprint density at radius 1 is 1.30 bits per heavy atom. The molecule has 0 aromatic heterocycles. The molecule has 1 amide bonds. The van der Waals surface area contributed by atoms with E-state index in [2.05, 4.69) is 45.8 Å². The fourth-order valence-electron chi connectivity index (χ4n) is 3.70. The van der Waals surface area contributed by atoms with Crippen LogP contribution in [0.4, 0.5) is 5.69 Å². The van der Waals surface area contributed by atoms with E-state index in [1.54, 1.807) is 7.05 Å². The highest BCUT2D eigenvalue weighted by Crippen LogP contribution is 2.31. The van der Waals surface area contributed by atoms with Crippen LogP contribution in [0.2, 0.25) is 0 Å². The van der Waals surface area contributed by atoms with Gasteiger partial charge >= 0.3 is 0 Å². The van der Waals surface area contributed by atoms with Gasteiger partial charge in [-0.25, -0.2) is 0 Å². The molecule has 7 heteroatoms. The summed E-state index contributed by atoms with van der Waals surface area (Å²) in [6, 6.07) is 8.00. The molecule has 0 bridgehead atoms. The van der Waals surface area contributed by atoms with Crippen LogP contribution in [0.15, 0.2) is 29.3 Å². The molecule has 1 aromatic carbocycles. The van der Waals surface area contributed by atoms with Gasteiger partial charge in [0.15, 0.2) is 5.96 Å². The third kappa shape index (κ3) is 4.99. The Bertz CT molecular complexity index is 683. The Morgan fingerprint density at radius 3 is 2.78 bits per heavy atom. The lowest BCUT2D eigenvalue weighted by Crippen LogP contribution is -2.56. The van der Waals surface area contributed by atoms with Crippen LogP contribution in [0.5, 0.6) is 0 Å². The Morgan fingerprint density at radius 2 is 2.04 bits per heavy atom. The summed E-state index contributed by atoms with van der Waals surface area (Å²) >= 11 is 0. The SMILES string of the molecule is CN=C(NCC1CC(=O)Nc2ccccc21)NCC(C)(C)N1CCOCC1. The number of para-hydroxylation sites is 1. The normalized spacial score (nSPS) is 21.4. The minimum absolute atomic E-state index is 0.0126. The van der Waals surface area contributed by atoms with Crippen LogP contribution >= 0.6 is 0 Å². The van der Waals surface area contributed by atoms with Gasteiger partial charge in [-0.2, -0.15) is 0 Å². The Kier molecular flexibility index (Phi) is 6.34. The summed E-state index contributed by atoms with van der Waals surface area (Å²) in [5.41, 5.74) is 2.10. The molecule has 3 N–H and O–H groups in total. The smallest absolute Gasteiger partial charge is 0.225 e. The van der Waals surface area contributed by atoms with Gasteiger partial charge in [-0.1, -0.05) is 18.2 Å². The number of hydrogen-bond donors (Lipinski definition) is 3. The average Bonchev–Trinajstić information content (AvgIpc) is 2.68. The monoisotopic (exact) mass is 373 g/mol. The zero-order valence-electron chi connectivity index (χ0n) is 16.5. The zero-order valence-corrected chi connectivity index (χ0v) is 16.5. The van der Waals surface area contributed by atoms with Crippen molar-refractivity contribution >= 4 is 17.6 Å². The summed E-state index contributed by atoms with van der Waals surface area (Å²) in [5, 5.41) is 9.77. The number of carbonyl (C=O) groups excluding carboxylic acids is 1. The molecule has 2 aliphatic rings. The predicted octanol–water partition coefficient (Wildman–Crippen LogP) is 1.39. The van der Waals surface area contributed by atoms with Crippen LogP contribution in [0, 0.1) is 0 Å². The molecule has 1 aromatic rings.